The number of hydrogen-bond donors (Lipinski definition) is 3. The van der Waals surface area contributed by atoms with E-state index in [9.17, 15) is 9.00 Å². The van der Waals surface area contributed by atoms with Crippen molar-refractivity contribution in [2.24, 2.45) is 0 Å². The third kappa shape index (κ3) is 4.54. The molecule has 0 spiro atoms. The SMILES string of the molecule is CC(CO)NC(=O)Nc1ccc(S(C)=O)cc1. The van der Waals surface area contributed by atoms with Crippen LogP contribution in [0.3, 0.4) is 0 Å². The van der Waals surface area contributed by atoms with E-state index in [1.807, 2.05) is 0 Å². The van der Waals surface area contributed by atoms with Gasteiger partial charge >= 0.3 is 6.03 Å². The highest BCUT2D eigenvalue weighted by Crippen LogP contribution is 2.11. The predicted molar refractivity (Wildman–Crippen MR) is 67.5 cm³/mol. The molecule has 1 aromatic rings. The molecule has 2 unspecified atom stereocenters. The van der Waals surface area contributed by atoms with Crippen molar-refractivity contribution >= 4 is 22.5 Å². The summed E-state index contributed by atoms with van der Waals surface area (Å²) in [4.78, 5) is 12.1. The lowest BCUT2D eigenvalue weighted by Crippen LogP contribution is -2.38. The zero-order chi connectivity index (χ0) is 12.8. The van der Waals surface area contributed by atoms with E-state index < -0.39 is 10.8 Å². The summed E-state index contributed by atoms with van der Waals surface area (Å²) in [5, 5.41) is 13.9. The Hall–Kier alpha value is -1.40. The predicted octanol–water partition coefficient (Wildman–Crippen LogP) is 0.926. The van der Waals surface area contributed by atoms with Gasteiger partial charge in [-0.25, -0.2) is 4.79 Å². The zero-order valence-corrected chi connectivity index (χ0v) is 10.6. The molecule has 6 heteroatoms. The number of aliphatic hydroxyl groups excluding tert-OH is 1. The first-order valence-electron chi connectivity index (χ1n) is 5.15. The largest absolute Gasteiger partial charge is 0.394 e. The molecule has 17 heavy (non-hydrogen) atoms. The zero-order valence-electron chi connectivity index (χ0n) is 9.77. The van der Waals surface area contributed by atoms with Gasteiger partial charge in [-0.2, -0.15) is 0 Å². The molecule has 0 heterocycles. The van der Waals surface area contributed by atoms with Crippen LogP contribution in [0.15, 0.2) is 29.2 Å². The normalized spacial score (nSPS) is 13.8. The fraction of sp³-hybridized carbons (Fsp3) is 0.364. The van der Waals surface area contributed by atoms with Gasteiger partial charge in [0.15, 0.2) is 0 Å². The van der Waals surface area contributed by atoms with Crippen LogP contribution >= 0.6 is 0 Å². The standard InChI is InChI=1S/C11H16N2O3S/c1-8(7-14)12-11(15)13-9-3-5-10(6-4-9)17(2)16/h3-6,8,14H,7H2,1-2H3,(H2,12,13,15). The average Bonchev–Trinajstić information content (AvgIpc) is 2.29. The summed E-state index contributed by atoms with van der Waals surface area (Å²) in [7, 11) is -1.02. The van der Waals surface area contributed by atoms with Gasteiger partial charge in [0.05, 0.1) is 12.6 Å². The molecule has 0 radical (unpaired) electrons. The fourth-order valence-electron chi connectivity index (χ4n) is 1.17. The maximum atomic E-state index is 11.4. The van der Waals surface area contributed by atoms with Crippen LogP contribution in [0.25, 0.3) is 0 Å². The lowest BCUT2D eigenvalue weighted by molar-refractivity contribution is 0.229. The summed E-state index contributed by atoms with van der Waals surface area (Å²) in [6.07, 6.45) is 1.60. The van der Waals surface area contributed by atoms with Crippen molar-refractivity contribution < 1.29 is 14.1 Å². The maximum Gasteiger partial charge on any atom is 0.319 e. The van der Waals surface area contributed by atoms with Crippen LogP contribution in [0, 0.1) is 0 Å². The van der Waals surface area contributed by atoms with Gasteiger partial charge in [-0.3, -0.25) is 4.21 Å². The van der Waals surface area contributed by atoms with Crippen molar-refractivity contribution in [1.29, 1.82) is 0 Å². The summed E-state index contributed by atoms with van der Waals surface area (Å²) >= 11 is 0. The lowest BCUT2D eigenvalue weighted by Gasteiger charge is -2.12. The second kappa shape index (κ2) is 6.36. The second-order valence-corrected chi connectivity index (χ2v) is 5.04. The number of hydrogen-bond acceptors (Lipinski definition) is 3. The van der Waals surface area contributed by atoms with Crippen LogP contribution in [0.2, 0.25) is 0 Å². The van der Waals surface area contributed by atoms with Crippen molar-refractivity contribution in [2.45, 2.75) is 17.9 Å². The number of anilines is 1. The van der Waals surface area contributed by atoms with Gasteiger partial charge in [0.25, 0.3) is 0 Å². The molecule has 0 aliphatic carbocycles. The number of benzene rings is 1. The number of carbonyl (C=O) groups is 1. The minimum Gasteiger partial charge on any atom is -0.394 e. The van der Waals surface area contributed by atoms with E-state index in [1.54, 1.807) is 37.4 Å². The minimum absolute atomic E-state index is 0.110. The van der Waals surface area contributed by atoms with E-state index in [-0.39, 0.29) is 18.7 Å². The van der Waals surface area contributed by atoms with Gasteiger partial charge in [-0.05, 0) is 31.2 Å². The van der Waals surface area contributed by atoms with E-state index in [2.05, 4.69) is 10.6 Å². The molecule has 2 amide bonds. The summed E-state index contributed by atoms with van der Waals surface area (Å²) < 4.78 is 11.1. The summed E-state index contributed by atoms with van der Waals surface area (Å²) in [6.45, 7) is 1.59. The molecule has 3 N–H and O–H groups in total. The van der Waals surface area contributed by atoms with Gasteiger partial charge in [0.1, 0.15) is 0 Å². The number of nitrogens with one attached hydrogen (secondary N) is 2. The van der Waals surface area contributed by atoms with E-state index in [0.717, 1.165) is 0 Å². The molecule has 0 aliphatic rings. The number of carbonyl (C=O) groups excluding carboxylic acids is 1. The van der Waals surface area contributed by atoms with Crippen LogP contribution in [0.1, 0.15) is 6.92 Å². The van der Waals surface area contributed by atoms with E-state index in [4.69, 9.17) is 5.11 Å². The van der Waals surface area contributed by atoms with Crippen LogP contribution in [0.4, 0.5) is 10.5 Å². The topological polar surface area (TPSA) is 78.4 Å². The first kappa shape index (κ1) is 13.7. The highest BCUT2D eigenvalue weighted by Gasteiger charge is 2.06. The Morgan fingerprint density at radius 3 is 2.47 bits per heavy atom. The van der Waals surface area contributed by atoms with Crippen LogP contribution in [-0.2, 0) is 10.8 Å². The third-order valence-corrected chi connectivity index (χ3v) is 3.03. The Morgan fingerprint density at radius 1 is 1.41 bits per heavy atom. The molecule has 5 nitrogen and oxygen atoms in total. The van der Waals surface area contributed by atoms with Crippen molar-refractivity contribution in [3.05, 3.63) is 24.3 Å². The van der Waals surface area contributed by atoms with Crippen LogP contribution in [0.5, 0.6) is 0 Å². The minimum atomic E-state index is -1.02. The Balaban J connectivity index is 2.57. The van der Waals surface area contributed by atoms with Gasteiger partial charge in [0.2, 0.25) is 0 Å². The van der Waals surface area contributed by atoms with Crippen LogP contribution in [-0.4, -0.2) is 34.3 Å². The molecule has 0 aromatic heterocycles. The van der Waals surface area contributed by atoms with Gasteiger partial charge in [-0.1, -0.05) is 0 Å². The Kier molecular flexibility index (Phi) is 5.11. The fourth-order valence-corrected chi connectivity index (χ4v) is 1.69. The number of amides is 2. The molecular weight excluding hydrogens is 240 g/mol. The molecule has 0 fully saturated rings. The molecule has 2 atom stereocenters. The van der Waals surface area contributed by atoms with Crippen molar-refractivity contribution in [3.63, 3.8) is 0 Å². The first-order chi connectivity index (χ1) is 8.02. The summed E-state index contributed by atoms with van der Waals surface area (Å²) in [5.74, 6) is 0. The smallest absolute Gasteiger partial charge is 0.319 e. The molecule has 1 aromatic carbocycles. The highest BCUT2D eigenvalue weighted by molar-refractivity contribution is 7.84. The Morgan fingerprint density at radius 2 is 2.00 bits per heavy atom. The van der Waals surface area contributed by atoms with Crippen molar-refractivity contribution in [1.82, 2.24) is 5.32 Å². The molecule has 0 saturated carbocycles. The number of urea groups is 1. The molecule has 94 valence electrons. The highest BCUT2D eigenvalue weighted by atomic mass is 32.2. The lowest BCUT2D eigenvalue weighted by atomic mass is 10.3. The third-order valence-electron chi connectivity index (χ3n) is 2.10. The van der Waals surface area contributed by atoms with Crippen molar-refractivity contribution in [3.8, 4) is 0 Å². The number of rotatable bonds is 4. The monoisotopic (exact) mass is 256 g/mol. The molecule has 1 rings (SSSR count). The van der Waals surface area contributed by atoms with E-state index in [1.165, 1.54) is 0 Å². The molecule has 0 bridgehead atoms. The molecule has 0 aliphatic heterocycles. The average molecular weight is 256 g/mol. The maximum absolute atomic E-state index is 11.4. The van der Waals surface area contributed by atoms with Gasteiger partial charge in [0, 0.05) is 27.6 Å². The van der Waals surface area contributed by atoms with E-state index in [0.29, 0.717) is 10.6 Å². The van der Waals surface area contributed by atoms with Crippen molar-refractivity contribution in [2.75, 3.05) is 18.2 Å². The van der Waals surface area contributed by atoms with Crippen LogP contribution < -0.4 is 10.6 Å². The second-order valence-electron chi connectivity index (χ2n) is 3.66. The van der Waals surface area contributed by atoms with E-state index >= 15 is 0 Å². The van der Waals surface area contributed by atoms with Gasteiger partial charge < -0.3 is 15.7 Å². The quantitative estimate of drug-likeness (QED) is 0.749. The van der Waals surface area contributed by atoms with Gasteiger partial charge in [-0.15, -0.1) is 0 Å². The summed E-state index contributed by atoms with van der Waals surface area (Å²) in [5.41, 5.74) is 0.613. The Bertz CT molecular complexity index is 406. The molecule has 0 saturated heterocycles. The Labute approximate surface area is 103 Å². The molecular formula is C11H16N2O3S. The summed E-state index contributed by atoms with van der Waals surface area (Å²) in [6, 6.07) is 6.08. The first-order valence-corrected chi connectivity index (χ1v) is 6.70. The number of aliphatic hydroxyl groups is 1.